The van der Waals surface area contributed by atoms with Crippen LogP contribution in [0, 0.1) is 5.92 Å². The lowest BCUT2D eigenvalue weighted by Crippen LogP contribution is -2.57. The van der Waals surface area contributed by atoms with Gasteiger partial charge in [0.05, 0.1) is 6.61 Å². The van der Waals surface area contributed by atoms with Gasteiger partial charge < -0.3 is 15.4 Å². The van der Waals surface area contributed by atoms with E-state index in [0.717, 1.165) is 17.6 Å². The first-order valence-corrected chi connectivity index (χ1v) is 10.5. The summed E-state index contributed by atoms with van der Waals surface area (Å²) in [6, 6.07) is 7.50. The highest BCUT2D eigenvalue weighted by Gasteiger charge is 2.48. The Bertz CT molecular complexity index is 695. The highest BCUT2D eigenvalue weighted by Crippen LogP contribution is 2.28. The van der Waals surface area contributed by atoms with Crippen molar-refractivity contribution in [2.75, 3.05) is 26.0 Å². The summed E-state index contributed by atoms with van der Waals surface area (Å²) in [6.07, 6.45) is 1.75. The van der Waals surface area contributed by atoms with Gasteiger partial charge in [0.25, 0.3) is 0 Å². The highest BCUT2D eigenvalue weighted by molar-refractivity contribution is 7.92. The van der Waals surface area contributed by atoms with E-state index in [4.69, 9.17) is 4.74 Å². The number of piperidine rings is 1. The number of ether oxygens (including phenoxy) is 1. The van der Waals surface area contributed by atoms with Gasteiger partial charge in [-0.15, -0.1) is 0 Å². The van der Waals surface area contributed by atoms with E-state index >= 15 is 0 Å². The number of carbonyl (C=O) groups excluding carboxylic acids is 1. The van der Waals surface area contributed by atoms with Crippen molar-refractivity contribution in [1.29, 1.82) is 0 Å². The maximum absolute atomic E-state index is 12.7. The van der Waals surface area contributed by atoms with Crippen LogP contribution < -0.4 is 15.4 Å². The minimum Gasteiger partial charge on any atom is -0.493 e. The second-order valence-electron chi connectivity index (χ2n) is 7.05. The molecule has 7 heteroatoms. The summed E-state index contributed by atoms with van der Waals surface area (Å²) in [4.78, 5) is 12.7. The van der Waals surface area contributed by atoms with Crippen molar-refractivity contribution in [3.05, 3.63) is 29.8 Å². The first-order valence-electron chi connectivity index (χ1n) is 8.65. The first-order chi connectivity index (χ1) is 11.7. The number of hydrogen-bond donors (Lipinski definition) is 2. The molecule has 2 rings (SSSR count). The molecule has 6 nitrogen and oxygen atoms in total. The Kier molecular flexibility index (Phi) is 6.46. The number of rotatable bonds is 7. The van der Waals surface area contributed by atoms with Crippen molar-refractivity contribution < 1.29 is 17.9 Å². The van der Waals surface area contributed by atoms with Gasteiger partial charge in [-0.25, -0.2) is 8.42 Å². The van der Waals surface area contributed by atoms with E-state index in [1.807, 2.05) is 24.3 Å². The topological polar surface area (TPSA) is 84.5 Å². The molecule has 1 fully saturated rings. The second-order valence-corrected chi connectivity index (χ2v) is 9.38. The zero-order valence-corrected chi connectivity index (χ0v) is 16.0. The van der Waals surface area contributed by atoms with Gasteiger partial charge in [0, 0.05) is 12.8 Å². The third-order valence-electron chi connectivity index (χ3n) is 4.47. The average molecular weight is 368 g/mol. The molecule has 1 aromatic rings. The largest absolute Gasteiger partial charge is 0.493 e. The Morgan fingerprint density at radius 3 is 2.60 bits per heavy atom. The van der Waals surface area contributed by atoms with Crippen molar-refractivity contribution in [3.8, 4) is 5.75 Å². The van der Waals surface area contributed by atoms with Crippen LogP contribution in [0.1, 0.15) is 32.3 Å². The molecule has 1 aromatic carbocycles. The Morgan fingerprint density at radius 2 is 2.00 bits per heavy atom. The van der Waals surface area contributed by atoms with Gasteiger partial charge in [0.2, 0.25) is 5.91 Å². The molecule has 0 bridgehead atoms. The zero-order valence-electron chi connectivity index (χ0n) is 15.2. The summed E-state index contributed by atoms with van der Waals surface area (Å²) in [7, 11) is -3.49. The molecule has 1 heterocycles. The fourth-order valence-electron chi connectivity index (χ4n) is 2.95. The summed E-state index contributed by atoms with van der Waals surface area (Å²) < 4.78 is 28.9. The maximum Gasteiger partial charge on any atom is 0.241 e. The van der Waals surface area contributed by atoms with Gasteiger partial charge in [0.15, 0.2) is 14.6 Å². The van der Waals surface area contributed by atoms with Crippen LogP contribution in [0.3, 0.4) is 0 Å². The summed E-state index contributed by atoms with van der Waals surface area (Å²) in [5.41, 5.74) is 0.882. The van der Waals surface area contributed by atoms with E-state index in [0.29, 0.717) is 38.5 Å². The van der Waals surface area contributed by atoms with Gasteiger partial charge in [0.1, 0.15) is 5.75 Å². The lowest BCUT2D eigenvalue weighted by atomic mass is 9.95. The Labute approximate surface area is 150 Å². The van der Waals surface area contributed by atoms with E-state index in [1.165, 1.54) is 0 Å². The molecule has 0 aliphatic carbocycles. The SMILES string of the molecule is CC(C)COc1cccc(CNC(=O)C2(S(C)(=O)=O)CCNCC2)c1. The molecule has 0 radical (unpaired) electrons. The summed E-state index contributed by atoms with van der Waals surface area (Å²) in [5, 5.41) is 5.92. The van der Waals surface area contributed by atoms with Crippen molar-refractivity contribution in [1.82, 2.24) is 10.6 Å². The summed E-state index contributed by atoms with van der Waals surface area (Å²) in [5.74, 6) is 0.767. The van der Waals surface area contributed by atoms with E-state index < -0.39 is 20.5 Å². The number of hydrogen-bond acceptors (Lipinski definition) is 5. The Balaban J connectivity index is 2.04. The smallest absolute Gasteiger partial charge is 0.241 e. The van der Waals surface area contributed by atoms with Gasteiger partial charge in [-0.3, -0.25) is 4.79 Å². The number of carbonyl (C=O) groups is 1. The van der Waals surface area contributed by atoms with Crippen molar-refractivity contribution in [2.45, 2.75) is 38.0 Å². The van der Waals surface area contributed by atoms with E-state index in [1.54, 1.807) is 0 Å². The fraction of sp³-hybridized carbons (Fsp3) is 0.611. The van der Waals surface area contributed by atoms with Crippen LogP contribution in [0.2, 0.25) is 0 Å². The molecule has 1 aliphatic rings. The predicted molar refractivity (Wildman–Crippen MR) is 98.3 cm³/mol. The van der Waals surface area contributed by atoms with Crippen LogP contribution in [0.5, 0.6) is 5.75 Å². The molecule has 0 unspecified atom stereocenters. The van der Waals surface area contributed by atoms with Crippen molar-refractivity contribution in [2.24, 2.45) is 5.92 Å². The minimum atomic E-state index is -3.49. The van der Waals surface area contributed by atoms with Gasteiger partial charge in [-0.2, -0.15) is 0 Å². The van der Waals surface area contributed by atoms with Crippen molar-refractivity contribution in [3.63, 3.8) is 0 Å². The summed E-state index contributed by atoms with van der Waals surface area (Å²) >= 11 is 0. The number of nitrogens with one attached hydrogen (secondary N) is 2. The minimum absolute atomic E-state index is 0.280. The molecule has 0 saturated carbocycles. The van der Waals surface area contributed by atoms with Crippen LogP contribution >= 0.6 is 0 Å². The molecule has 1 aliphatic heterocycles. The third kappa shape index (κ3) is 4.95. The third-order valence-corrected chi connectivity index (χ3v) is 6.48. The lowest BCUT2D eigenvalue weighted by molar-refractivity contribution is -0.124. The molecule has 1 amide bonds. The van der Waals surface area contributed by atoms with Gasteiger partial charge in [-0.05, 0) is 49.5 Å². The van der Waals surface area contributed by atoms with Gasteiger partial charge in [-0.1, -0.05) is 26.0 Å². The Morgan fingerprint density at radius 1 is 1.32 bits per heavy atom. The van der Waals surface area contributed by atoms with E-state index in [9.17, 15) is 13.2 Å². The van der Waals surface area contributed by atoms with Crippen LogP contribution in [-0.4, -0.2) is 45.0 Å². The quantitative estimate of drug-likeness (QED) is 0.762. The molecular weight excluding hydrogens is 340 g/mol. The molecule has 0 atom stereocenters. The lowest BCUT2D eigenvalue weighted by Gasteiger charge is -2.34. The van der Waals surface area contributed by atoms with E-state index in [-0.39, 0.29) is 6.54 Å². The number of sulfone groups is 1. The molecule has 25 heavy (non-hydrogen) atoms. The highest BCUT2D eigenvalue weighted by atomic mass is 32.2. The summed E-state index contributed by atoms with van der Waals surface area (Å²) in [6.45, 7) is 6.11. The standard InChI is InChI=1S/C18H28N2O4S/c1-14(2)13-24-16-6-4-5-15(11-16)12-20-17(21)18(25(3,22)23)7-9-19-10-8-18/h4-6,11,14,19H,7-10,12-13H2,1-3H3,(H,20,21). The molecule has 1 saturated heterocycles. The van der Waals surface area contributed by atoms with Crippen LogP contribution in [0.4, 0.5) is 0 Å². The van der Waals surface area contributed by atoms with Crippen molar-refractivity contribution >= 4 is 15.7 Å². The molecular formula is C18H28N2O4S. The molecule has 0 aromatic heterocycles. The van der Waals surface area contributed by atoms with Crippen LogP contribution in [-0.2, 0) is 21.2 Å². The van der Waals surface area contributed by atoms with Crippen LogP contribution in [0.25, 0.3) is 0 Å². The average Bonchev–Trinajstić information content (AvgIpc) is 2.58. The number of benzene rings is 1. The normalized spacial score (nSPS) is 17.3. The number of amides is 1. The Hall–Kier alpha value is -1.60. The van der Waals surface area contributed by atoms with Gasteiger partial charge >= 0.3 is 0 Å². The second kappa shape index (κ2) is 8.19. The molecule has 140 valence electrons. The zero-order chi connectivity index (χ0) is 18.5. The first kappa shape index (κ1) is 19.7. The monoisotopic (exact) mass is 368 g/mol. The predicted octanol–water partition coefficient (Wildman–Crippen LogP) is 1.50. The maximum atomic E-state index is 12.7. The van der Waals surface area contributed by atoms with Crippen LogP contribution in [0.15, 0.2) is 24.3 Å². The molecule has 0 spiro atoms. The molecule has 2 N–H and O–H groups in total. The van der Waals surface area contributed by atoms with E-state index in [2.05, 4.69) is 24.5 Å². The fourth-order valence-corrected chi connectivity index (χ4v) is 4.30.